The molecular formula is C17H17N5O4S. The summed E-state index contributed by atoms with van der Waals surface area (Å²) in [6, 6.07) is 9.48. The van der Waals surface area contributed by atoms with Gasteiger partial charge in [0, 0.05) is 44.7 Å². The van der Waals surface area contributed by atoms with Crippen molar-refractivity contribution in [1.82, 2.24) is 4.98 Å². The van der Waals surface area contributed by atoms with E-state index in [1.165, 1.54) is 12.1 Å². The average molecular weight is 387 g/mol. The number of hydrogen-bond donors (Lipinski definition) is 0. The summed E-state index contributed by atoms with van der Waals surface area (Å²) in [5, 5.41) is 20.7. The van der Waals surface area contributed by atoms with Crippen LogP contribution in [-0.4, -0.2) is 50.8 Å². The molecule has 0 atom stereocenters. The Kier molecular flexibility index (Phi) is 4.96. The summed E-state index contributed by atoms with van der Waals surface area (Å²) in [4.78, 5) is 18.9. The van der Waals surface area contributed by atoms with Gasteiger partial charge in [-0.3, -0.25) is 10.1 Å². The van der Waals surface area contributed by atoms with E-state index in [4.69, 9.17) is 0 Å². The number of nitriles is 1. The molecule has 2 aromatic rings. The van der Waals surface area contributed by atoms with Crippen molar-refractivity contribution < 1.29 is 13.3 Å². The van der Waals surface area contributed by atoms with Crippen molar-refractivity contribution in [3.05, 3.63) is 52.2 Å². The quantitative estimate of drug-likeness (QED) is 0.573. The van der Waals surface area contributed by atoms with Crippen LogP contribution in [0.3, 0.4) is 0 Å². The number of anilines is 2. The summed E-state index contributed by atoms with van der Waals surface area (Å²) in [6.07, 6.45) is 2.64. The Morgan fingerprint density at radius 2 is 1.85 bits per heavy atom. The van der Waals surface area contributed by atoms with Crippen molar-refractivity contribution in [2.24, 2.45) is 0 Å². The van der Waals surface area contributed by atoms with Gasteiger partial charge in [0.25, 0.3) is 5.69 Å². The van der Waals surface area contributed by atoms with Crippen LogP contribution in [0.2, 0.25) is 0 Å². The van der Waals surface area contributed by atoms with Crippen LogP contribution in [0.4, 0.5) is 17.2 Å². The standard InChI is InChI=1S/C17H17N5O4S/c1-27(25,26)14-4-5-15(16(11-14)22(23)24)20-7-9-21(10-8-20)17-13(12-18)3-2-6-19-17/h2-6,11H,7-10H2,1H3. The third kappa shape index (κ3) is 3.83. The minimum atomic E-state index is -3.53. The monoisotopic (exact) mass is 387 g/mol. The van der Waals surface area contributed by atoms with Gasteiger partial charge < -0.3 is 9.80 Å². The third-order valence-corrected chi connectivity index (χ3v) is 5.51. The molecule has 0 radical (unpaired) electrons. The molecule has 0 spiro atoms. The number of hydrogen-bond acceptors (Lipinski definition) is 8. The molecule has 1 aliphatic rings. The van der Waals surface area contributed by atoms with Crippen LogP contribution in [-0.2, 0) is 9.84 Å². The molecule has 0 bridgehead atoms. The molecular weight excluding hydrogens is 370 g/mol. The molecule has 0 N–H and O–H groups in total. The lowest BCUT2D eigenvalue weighted by Crippen LogP contribution is -2.47. The van der Waals surface area contributed by atoms with Crippen LogP contribution >= 0.6 is 0 Å². The van der Waals surface area contributed by atoms with Gasteiger partial charge in [0.05, 0.1) is 15.4 Å². The molecule has 27 heavy (non-hydrogen) atoms. The maximum atomic E-state index is 11.7. The Morgan fingerprint density at radius 1 is 1.19 bits per heavy atom. The number of rotatable bonds is 4. The maximum Gasteiger partial charge on any atom is 0.293 e. The Hall–Kier alpha value is -3.19. The number of piperazine rings is 1. The number of pyridine rings is 1. The first-order valence-electron chi connectivity index (χ1n) is 8.15. The number of nitrogens with zero attached hydrogens (tertiary/aromatic N) is 5. The van der Waals surface area contributed by atoms with Gasteiger partial charge in [0.2, 0.25) is 0 Å². The zero-order valence-electron chi connectivity index (χ0n) is 14.6. The van der Waals surface area contributed by atoms with E-state index in [1.807, 2.05) is 9.80 Å². The smallest absolute Gasteiger partial charge is 0.293 e. The Balaban J connectivity index is 1.84. The largest absolute Gasteiger partial charge is 0.362 e. The zero-order valence-corrected chi connectivity index (χ0v) is 15.4. The minimum Gasteiger partial charge on any atom is -0.362 e. The van der Waals surface area contributed by atoms with Gasteiger partial charge in [-0.1, -0.05) is 0 Å². The Bertz CT molecular complexity index is 1020. The molecule has 10 heteroatoms. The summed E-state index contributed by atoms with van der Waals surface area (Å²) in [5.41, 5.74) is 0.630. The molecule has 1 fully saturated rings. The summed E-state index contributed by atoms with van der Waals surface area (Å²) >= 11 is 0. The summed E-state index contributed by atoms with van der Waals surface area (Å²) < 4.78 is 23.4. The fourth-order valence-corrected chi connectivity index (χ4v) is 3.68. The van der Waals surface area contributed by atoms with Gasteiger partial charge in [0.1, 0.15) is 17.6 Å². The van der Waals surface area contributed by atoms with Crippen molar-refractivity contribution in [3.63, 3.8) is 0 Å². The minimum absolute atomic E-state index is 0.0799. The highest BCUT2D eigenvalue weighted by Crippen LogP contribution is 2.32. The summed E-state index contributed by atoms with van der Waals surface area (Å²) in [5.74, 6) is 0.599. The van der Waals surface area contributed by atoms with Gasteiger partial charge >= 0.3 is 0 Å². The average Bonchev–Trinajstić information content (AvgIpc) is 2.67. The molecule has 1 aromatic heterocycles. The summed E-state index contributed by atoms with van der Waals surface area (Å²) in [6.45, 7) is 2.05. The van der Waals surface area contributed by atoms with Crippen molar-refractivity contribution >= 4 is 27.0 Å². The molecule has 1 aliphatic heterocycles. The third-order valence-electron chi connectivity index (χ3n) is 4.40. The van der Waals surface area contributed by atoms with Gasteiger partial charge in [-0.2, -0.15) is 5.26 Å². The fraction of sp³-hybridized carbons (Fsp3) is 0.294. The van der Waals surface area contributed by atoms with E-state index in [2.05, 4.69) is 11.1 Å². The van der Waals surface area contributed by atoms with Crippen LogP contribution in [0.25, 0.3) is 0 Å². The Morgan fingerprint density at radius 3 is 2.44 bits per heavy atom. The first kappa shape index (κ1) is 18.6. The van der Waals surface area contributed by atoms with Gasteiger partial charge in [-0.25, -0.2) is 13.4 Å². The van der Waals surface area contributed by atoms with E-state index in [-0.39, 0.29) is 10.6 Å². The van der Waals surface area contributed by atoms with E-state index >= 15 is 0 Å². The van der Waals surface area contributed by atoms with Crippen LogP contribution in [0.1, 0.15) is 5.56 Å². The highest BCUT2D eigenvalue weighted by Gasteiger charge is 2.26. The normalized spacial score (nSPS) is 14.7. The molecule has 0 amide bonds. The highest BCUT2D eigenvalue weighted by atomic mass is 32.2. The topological polar surface area (TPSA) is 120 Å². The van der Waals surface area contributed by atoms with E-state index in [0.29, 0.717) is 43.2 Å². The van der Waals surface area contributed by atoms with Crippen molar-refractivity contribution in [2.75, 3.05) is 42.2 Å². The highest BCUT2D eigenvalue weighted by molar-refractivity contribution is 7.90. The SMILES string of the molecule is CS(=O)(=O)c1ccc(N2CCN(c3ncccc3C#N)CC2)c([N+](=O)[O-])c1. The lowest BCUT2D eigenvalue weighted by Gasteiger charge is -2.36. The first-order chi connectivity index (χ1) is 12.8. The number of nitro groups is 1. The predicted octanol–water partition coefficient (Wildman–Crippen LogP) is 1.59. The van der Waals surface area contributed by atoms with E-state index in [9.17, 15) is 23.8 Å². The second-order valence-electron chi connectivity index (χ2n) is 6.14. The van der Waals surface area contributed by atoms with E-state index < -0.39 is 14.8 Å². The predicted molar refractivity (Wildman–Crippen MR) is 99.6 cm³/mol. The zero-order chi connectivity index (χ0) is 19.6. The van der Waals surface area contributed by atoms with E-state index in [0.717, 1.165) is 12.3 Å². The first-order valence-corrected chi connectivity index (χ1v) is 10.0. The second-order valence-corrected chi connectivity index (χ2v) is 8.16. The molecule has 3 rings (SSSR count). The molecule has 140 valence electrons. The van der Waals surface area contributed by atoms with Crippen LogP contribution < -0.4 is 9.80 Å². The van der Waals surface area contributed by atoms with Crippen molar-refractivity contribution in [2.45, 2.75) is 4.90 Å². The number of aromatic nitrogens is 1. The molecule has 0 unspecified atom stereocenters. The lowest BCUT2D eigenvalue weighted by atomic mass is 10.2. The van der Waals surface area contributed by atoms with Crippen LogP contribution in [0, 0.1) is 21.4 Å². The number of sulfone groups is 1. The lowest BCUT2D eigenvalue weighted by molar-refractivity contribution is -0.384. The van der Waals surface area contributed by atoms with E-state index in [1.54, 1.807) is 18.3 Å². The van der Waals surface area contributed by atoms with Crippen molar-refractivity contribution in [1.29, 1.82) is 5.26 Å². The number of nitro benzene ring substituents is 1. The van der Waals surface area contributed by atoms with Crippen molar-refractivity contribution in [3.8, 4) is 6.07 Å². The fourth-order valence-electron chi connectivity index (χ4n) is 3.04. The molecule has 1 aromatic carbocycles. The molecule has 9 nitrogen and oxygen atoms in total. The van der Waals surface area contributed by atoms with Gasteiger partial charge in [0.15, 0.2) is 9.84 Å². The van der Waals surface area contributed by atoms with Crippen LogP contribution in [0.15, 0.2) is 41.4 Å². The maximum absolute atomic E-state index is 11.7. The molecule has 2 heterocycles. The number of benzene rings is 1. The van der Waals surface area contributed by atoms with Gasteiger partial charge in [-0.15, -0.1) is 0 Å². The Labute approximate surface area is 156 Å². The molecule has 0 saturated carbocycles. The van der Waals surface area contributed by atoms with Crippen LogP contribution in [0.5, 0.6) is 0 Å². The second kappa shape index (κ2) is 7.20. The molecule has 1 saturated heterocycles. The molecule has 0 aliphatic carbocycles. The summed E-state index contributed by atoms with van der Waals surface area (Å²) in [7, 11) is -3.53. The van der Waals surface area contributed by atoms with Gasteiger partial charge in [-0.05, 0) is 24.3 Å².